The summed E-state index contributed by atoms with van der Waals surface area (Å²) < 4.78 is 0. The fourth-order valence-electron chi connectivity index (χ4n) is 2.14. The second-order valence-corrected chi connectivity index (χ2v) is 4.90. The minimum atomic E-state index is 0.124. The van der Waals surface area contributed by atoms with Gasteiger partial charge < -0.3 is 5.73 Å². The Morgan fingerprint density at radius 1 is 0.944 bits per heavy atom. The van der Waals surface area contributed by atoms with Gasteiger partial charge in [-0.15, -0.1) is 0 Å². The second-order valence-electron chi connectivity index (χ2n) is 4.90. The molecule has 0 heterocycles. The summed E-state index contributed by atoms with van der Waals surface area (Å²) >= 11 is 0. The number of hydrogen-bond donors (Lipinski definition) is 1. The van der Waals surface area contributed by atoms with Crippen molar-refractivity contribution in [3.63, 3.8) is 0 Å². The van der Waals surface area contributed by atoms with Crippen LogP contribution in [0.3, 0.4) is 0 Å². The van der Waals surface area contributed by atoms with Crippen LogP contribution in [0.2, 0.25) is 0 Å². The highest BCUT2D eigenvalue weighted by Crippen LogP contribution is 2.26. The molecule has 0 spiro atoms. The third-order valence-electron chi connectivity index (χ3n) is 3.64. The number of nitrogens with two attached hydrogens (primary N) is 1. The molecule has 1 heteroatoms. The van der Waals surface area contributed by atoms with Crippen LogP contribution in [0.1, 0.15) is 31.9 Å². The molecule has 0 aliphatic heterocycles. The van der Waals surface area contributed by atoms with E-state index in [1.165, 1.54) is 16.7 Å². The zero-order valence-corrected chi connectivity index (χ0v) is 11.1. The molecule has 1 nitrogen and oxygen atoms in total. The van der Waals surface area contributed by atoms with Gasteiger partial charge in [0.05, 0.1) is 0 Å². The molecule has 18 heavy (non-hydrogen) atoms. The predicted molar refractivity (Wildman–Crippen MR) is 78.3 cm³/mol. The Kier molecular flexibility index (Phi) is 4.16. The smallest absolute Gasteiger partial charge is 0.0320 e. The largest absolute Gasteiger partial charge is 0.324 e. The first kappa shape index (κ1) is 12.8. The van der Waals surface area contributed by atoms with Crippen LogP contribution in [0.4, 0.5) is 0 Å². The second kappa shape index (κ2) is 5.83. The first-order valence-corrected chi connectivity index (χ1v) is 6.63. The van der Waals surface area contributed by atoms with Crippen LogP contribution in [0, 0.1) is 5.92 Å². The van der Waals surface area contributed by atoms with Gasteiger partial charge in [0.25, 0.3) is 0 Å². The molecule has 2 rings (SSSR count). The van der Waals surface area contributed by atoms with E-state index in [1.807, 2.05) is 6.07 Å². The molecule has 0 fully saturated rings. The highest BCUT2D eigenvalue weighted by molar-refractivity contribution is 5.64. The minimum Gasteiger partial charge on any atom is -0.324 e. The molecule has 0 saturated carbocycles. The number of benzene rings is 2. The van der Waals surface area contributed by atoms with Crippen LogP contribution in [0.15, 0.2) is 54.6 Å². The Bertz CT molecular complexity index is 490. The van der Waals surface area contributed by atoms with Gasteiger partial charge in [-0.25, -0.2) is 0 Å². The average Bonchev–Trinajstić information content (AvgIpc) is 2.46. The van der Waals surface area contributed by atoms with Crippen LogP contribution in [-0.2, 0) is 0 Å². The highest BCUT2D eigenvalue weighted by atomic mass is 14.6. The van der Waals surface area contributed by atoms with Gasteiger partial charge in [0, 0.05) is 6.04 Å². The van der Waals surface area contributed by atoms with E-state index in [-0.39, 0.29) is 6.04 Å². The van der Waals surface area contributed by atoms with Gasteiger partial charge in [-0.05, 0) is 28.7 Å². The van der Waals surface area contributed by atoms with Gasteiger partial charge in [-0.1, -0.05) is 68.8 Å². The first-order chi connectivity index (χ1) is 8.72. The van der Waals surface area contributed by atoms with Crippen molar-refractivity contribution in [2.45, 2.75) is 26.3 Å². The molecule has 0 aromatic heterocycles. The molecule has 0 amide bonds. The van der Waals surface area contributed by atoms with Gasteiger partial charge in [-0.3, -0.25) is 0 Å². The molecule has 2 N–H and O–H groups in total. The third kappa shape index (κ3) is 2.80. The molecule has 0 aliphatic carbocycles. The van der Waals surface area contributed by atoms with Crippen molar-refractivity contribution >= 4 is 0 Å². The summed E-state index contributed by atoms with van der Waals surface area (Å²) in [4.78, 5) is 0. The van der Waals surface area contributed by atoms with Gasteiger partial charge in [-0.2, -0.15) is 0 Å². The van der Waals surface area contributed by atoms with Gasteiger partial charge in [0.1, 0.15) is 0 Å². The third-order valence-corrected chi connectivity index (χ3v) is 3.64. The van der Waals surface area contributed by atoms with Crippen LogP contribution >= 0.6 is 0 Å². The van der Waals surface area contributed by atoms with Gasteiger partial charge >= 0.3 is 0 Å². The average molecular weight is 239 g/mol. The molecule has 0 saturated heterocycles. The monoisotopic (exact) mass is 239 g/mol. The molecular weight excluding hydrogens is 218 g/mol. The lowest BCUT2D eigenvalue weighted by Crippen LogP contribution is -2.18. The SMILES string of the molecule is CCC(C)[C@@H](N)c1cccc(-c2ccccc2)c1. The van der Waals surface area contributed by atoms with E-state index < -0.39 is 0 Å². The molecule has 0 bridgehead atoms. The Morgan fingerprint density at radius 3 is 2.28 bits per heavy atom. The predicted octanol–water partition coefficient (Wildman–Crippen LogP) is 4.40. The minimum absolute atomic E-state index is 0.124. The fraction of sp³-hybridized carbons (Fsp3) is 0.294. The molecule has 1 unspecified atom stereocenters. The van der Waals surface area contributed by atoms with Gasteiger partial charge in [0.2, 0.25) is 0 Å². The van der Waals surface area contributed by atoms with E-state index in [0.29, 0.717) is 5.92 Å². The van der Waals surface area contributed by atoms with E-state index in [2.05, 4.69) is 62.4 Å². The van der Waals surface area contributed by atoms with E-state index in [1.54, 1.807) is 0 Å². The lowest BCUT2D eigenvalue weighted by atomic mass is 9.91. The van der Waals surface area contributed by atoms with Crippen molar-refractivity contribution in [2.24, 2.45) is 11.7 Å². The maximum absolute atomic E-state index is 6.30. The summed E-state index contributed by atoms with van der Waals surface area (Å²) in [5, 5.41) is 0. The van der Waals surface area contributed by atoms with E-state index in [9.17, 15) is 0 Å². The maximum atomic E-state index is 6.30. The molecule has 0 radical (unpaired) electrons. The Labute approximate surface area is 110 Å². The zero-order chi connectivity index (χ0) is 13.0. The first-order valence-electron chi connectivity index (χ1n) is 6.63. The summed E-state index contributed by atoms with van der Waals surface area (Å²) in [5.74, 6) is 0.510. The fourth-order valence-corrected chi connectivity index (χ4v) is 2.14. The normalized spacial score (nSPS) is 14.2. The lowest BCUT2D eigenvalue weighted by molar-refractivity contribution is 0.457. The molecule has 2 aromatic carbocycles. The van der Waals surface area contributed by atoms with E-state index in [0.717, 1.165) is 6.42 Å². The van der Waals surface area contributed by atoms with E-state index >= 15 is 0 Å². The Balaban J connectivity index is 2.31. The maximum Gasteiger partial charge on any atom is 0.0320 e. The van der Waals surface area contributed by atoms with Crippen LogP contribution < -0.4 is 5.73 Å². The van der Waals surface area contributed by atoms with Crippen LogP contribution in [0.5, 0.6) is 0 Å². The van der Waals surface area contributed by atoms with Gasteiger partial charge in [0.15, 0.2) is 0 Å². The number of hydrogen-bond acceptors (Lipinski definition) is 1. The van der Waals surface area contributed by atoms with Crippen molar-refractivity contribution in [1.82, 2.24) is 0 Å². The molecule has 2 aromatic rings. The molecule has 0 aliphatic rings. The van der Waals surface area contributed by atoms with Crippen molar-refractivity contribution in [2.75, 3.05) is 0 Å². The summed E-state index contributed by atoms with van der Waals surface area (Å²) in [6.07, 6.45) is 1.11. The van der Waals surface area contributed by atoms with Crippen molar-refractivity contribution in [3.8, 4) is 11.1 Å². The van der Waals surface area contributed by atoms with Crippen LogP contribution in [0.25, 0.3) is 11.1 Å². The van der Waals surface area contributed by atoms with Crippen molar-refractivity contribution < 1.29 is 0 Å². The standard InChI is InChI=1S/C17H21N/c1-3-13(2)17(18)16-11-7-10-15(12-16)14-8-5-4-6-9-14/h4-13,17H,3,18H2,1-2H3/t13?,17-/m1/s1. The van der Waals surface area contributed by atoms with Crippen molar-refractivity contribution in [3.05, 3.63) is 60.2 Å². The summed E-state index contributed by atoms with van der Waals surface area (Å²) in [7, 11) is 0. The topological polar surface area (TPSA) is 26.0 Å². The quantitative estimate of drug-likeness (QED) is 0.840. The lowest BCUT2D eigenvalue weighted by Gasteiger charge is -2.19. The van der Waals surface area contributed by atoms with E-state index in [4.69, 9.17) is 5.73 Å². The van der Waals surface area contributed by atoms with Crippen molar-refractivity contribution in [1.29, 1.82) is 0 Å². The number of rotatable bonds is 4. The summed E-state index contributed by atoms with van der Waals surface area (Å²) in [5.41, 5.74) is 10.0. The highest BCUT2D eigenvalue weighted by Gasteiger charge is 2.13. The summed E-state index contributed by atoms with van der Waals surface area (Å²) in [6.45, 7) is 4.39. The Morgan fingerprint density at radius 2 is 1.61 bits per heavy atom. The zero-order valence-electron chi connectivity index (χ0n) is 11.1. The Hall–Kier alpha value is -1.60. The molecule has 2 atom stereocenters. The molecule has 94 valence electrons. The summed E-state index contributed by atoms with van der Waals surface area (Å²) in [6, 6.07) is 19.1. The van der Waals surface area contributed by atoms with Crippen LogP contribution in [-0.4, -0.2) is 0 Å². The molecular formula is C17H21N.